The van der Waals surface area contributed by atoms with E-state index in [1.165, 1.54) is 11.1 Å². The van der Waals surface area contributed by atoms with Crippen LogP contribution in [0.15, 0.2) is 18.2 Å². The zero-order chi connectivity index (χ0) is 13.2. The van der Waals surface area contributed by atoms with Crippen LogP contribution in [-0.2, 0) is 6.54 Å². The van der Waals surface area contributed by atoms with E-state index in [4.69, 9.17) is 10.5 Å². The minimum Gasteiger partial charge on any atom is -0.496 e. The molecule has 1 aromatic carbocycles. The molecule has 3 heteroatoms. The van der Waals surface area contributed by atoms with Gasteiger partial charge in [-0.3, -0.25) is 4.90 Å². The van der Waals surface area contributed by atoms with Crippen LogP contribution in [0.25, 0.3) is 0 Å². The Labute approximate surface area is 110 Å². The Morgan fingerprint density at radius 3 is 2.72 bits per heavy atom. The summed E-state index contributed by atoms with van der Waals surface area (Å²) >= 11 is 0. The van der Waals surface area contributed by atoms with Crippen LogP contribution in [0.4, 0.5) is 0 Å². The molecule has 2 N–H and O–H groups in total. The van der Waals surface area contributed by atoms with Gasteiger partial charge in [-0.15, -0.1) is 0 Å². The zero-order valence-electron chi connectivity index (χ0n) is 11.7. The monoisotopic (exact) mass is 248 g/mol. The summed E-state index contributed by atoms with van der Waals surface area (Å²) < 4.78 is 5.41. The summed E-state index contributed by atoms with van der Waals surface area (Å²) in [4.78, 5) is 2.40. The van der Waals surface area contributed by atoms with Gasteiger partial charge in [-0.05, 0) is 19.4 Å². The van der Waals surface area contributed by atoms with Crippen molar-refractivity contribution >= 4 is 0 Å². The topological polar surface area (TPSA) is 38.5 Å². The molecule has 0 atom stereocenters. The SMILES string of the molecule is CCCC1(N)CN(Cc2cc(C)ccc2OC)C1. The molecular weight excluding hydrogens is 224 g/mol. The van der Waals surface area contributed by atoms with Gasteiger partial charge in [-0.2, -0.15) is 0 Å². The summed E-state index contributed by atoms with van der Waals surface area (Å²) in [6.07, 6.45) is 2.28. The van der Waals surface area contributed by atoms with E-state index in [2.05, 4.69) is 30.9 Å². The third-order valence-electron chi connectivity index (χ3n) is 3.65. The first kappa shape index (κ1) is 13.4. The first-order valence-electron chi connectivity index (χ1n) is 6.71. The van der Waals surface area contributed by atoms with Gasteiger partial charge in [0, 0.05) is 30.7 Å². The van der Waals surface area contributed by atoms with Gasteiger partial charge in [-0.25, -0.2) is 0 Å². The summed E-state index contributed by atoms with van der Waals surface area (Å²) in [7, 11) is 1.73. The largest absolute Gasteiger partial charge is 0.496 e. The molecule has 0 bridgehead atoms. The fourth-order valence-electron chi connectivity index (χ4n) is 2.88. The minimum absolute atomic E-state index is 0.0474. The number of nitrogens with zero attached hydrogens (tertiary/aromatic N) is 1. The highest BCUT2D eigenvalue weighted by molar-refractivity contribution is 5.37. The van der Waals surface area contributed by atoms with Crippen molar-refractivity contribution < 1.29 is 4.74 Å². The molecule has 0 spiro atoms. The van der Waals surface area contributed by atoms with Crippen LogP contribution in [0, 0.1) is 6.92 Å². The van der Waals surface area contributed by atoms with E-state index in [0.29, 0.717) is 0 Å². The molecule has 0 aromatic heterocycles. The van der Waals surface area contributed by atoms with E-state index in [9.17, 15) is 0 Å². The summed E-state index contributed by atoms with van der Waals surface area (Å²) in [5.74, 6) is 0.977. The molecule has 0 radical (unpaired) electrons. The van der Waals surface area contributed by atoms with Crippen LogP contribution in [0.5, 0.6) is 5.75 Å². The molecule has 2 rings (SSSR count). The summed E-state index contributed by atoms with van der Waals surface area (Å²) in [6.45, 7) is 7.24. The predicted octanol–water partition coefficient (Wildman–Crippen LogP) is 2.32. The smallest absolute Gasteiger partial charge is 0.123 e. The lowest BCUT2D eigenvalue weighted by molar-refractivity contribution is 0.0560. The molecule has 0 amide bonds. The van der Waals surface area contributed by atoms with Gasteiger partial charge in [0.1, 0.15) is 5.75 Å². The highest BCUT2D eigenvalue weighted by atomic mass is 16.5. The number of hydrogen-bond acceptors (Lipinski definition) is 3. The number of methoxy groups -OCH3 is 1. The first-order valence-corrected chi connectivity index (χ1v) is 6.71. The molecule has 1 aliphatic rings. The maximum absolute atomic E-state index is 6.28. The fraction of sp³-hybridized carbons (Fsp3) is 0.600. The minimum atomic E-state index is 0.0474. The van der Waals surface area contributed by atoms with E-state index < -0.39 is 0 Å². The van der Waals surface area contributed by atoms with Crippen molar-refractivity contribution in [1.29, 1.82) is 0 Å². The Balaban J connectivity index is 1.97. The average Bonchev–Trinajstić information content (AvgIpc) is 2.27. The Hall–Kier alpha value is -1.06. The molecule has 18 heavy (non-hydrogen) atoms. The van der Waals surface area contributed by atoms with Crippen molar-refractivity contribution in [1.82, 2.24) is 4.90 Å². The quantitative estimate of drug-likeness (QED) is 0.869. The van der Waals surface area contributed by atoms with Gasteiger partial charge in [0.05, 0.1) is 7.11 Å². The van der Waals surface area contributed by atoms with Crippen LogP contribution in [0.2, 0.25) is 0 Å². The molecule has 3 nitrogen and oxygen atoms in total. The van der Waals surface area contributed by atoms with Gasteiger partial charge in [0.15, 0.2) is 0 Å². The number of rotatable bonds is 5. The standard InChI is InChI=1S/C15H24N2O/c1-4-7-15(16)10-17(11-15)9-13-8-12(2)5-6-14(13)18-3/h5-6,8H,4,7,9-11,16H2,1-3H3. The van der Waals surface area contributed by atoms with Gasteiger partial charge in [0.2, 0.25) is 0 Å². The zero-order valence-corrected chi connectivity index (χ0v) is 11.7. The number of ether oxygens (including phenoxy) is 1. The van der Waals surface area contributed by atoms with Gasteiger partial charge in [0.25, 0.3) is 0 Å². The molecule has 1 fully saturated rings. The highest BCUT2D eigenvalue weighted by Gasteiger charge is 2.38. The second kappa shape index (κ2) is 5.29. The molecule has 0 unspecified atom stereocenters. The van der Waals surface area contributed by atoms with Crippen LogP contribution in [-0.4, -0.2) is 30.6 Å². The van der Waals surface area contributed by atoms with Crippen molar-refractivity contribution in [2.75, 3.05) is 20.2 Å². The van der Waals surface area contributed by atoms with E-state index in [1.54, 1.807) is 7.11 Å². The molecule has 0 aliphatic carbocycles. The van der Waals surface area contributed by atoms with E-state index >= 15 is 0 Å². The molecule has 1 aromatic rings. The molecule has 1 saturated heterocycles. The fourth-order valence-corrected chi connectivity index (χ4v) is 2.88. The van der Waals surface area contributed by atoms with Crippen molar-refractivity contribution in [3.8, 4) is 5.75 Å². The lowest BCUT2D eigenvalue weighted by Crippen LogP contribution is -2.66. The normalized spacial score (nSPS) is 18.4. The molecular formula is C15H24N2O. The Kier molecular flexibility index (Phi) is 3.93. The molecule has 100 valence electrons. The van der Waals surface area contributed by atoms with Crippen molar-refractivity contribution in [3.63, 3.8) is 0 Å². The van der Waals surface area contributed by atoms with Crippen LogP contribution >= 0.6 is 0 Å². The van der Waals surface area contributed by atoms with E-state index in [0.717, 1.165) is 38.2 Å². The van der Waals surface area contributed by atoms with E-state index in [-0.39, 0.29) is 5.54 Å². The van der Waals surface area contributed by atoms with E-state index in [1.807, 2.05) is 6.07 Å². The lowest BCUT2D eigenvalue weighted by Gasteiger charge is -2.48. The number of likely N-dealkylation sites (tertiary alicyclic amines) is 1. The highest BCUT2D eigenvalue weighted by Crippen LogP contribution is 2.28. The van der Waals surface area contributed by atoms with Crippen LogP contribution in [0.3, 0.4) is 0 Å². The number of hydrogen-bond donors (Lipinski definition) is 1. The molecule has 1 aliphatic heterocycles. The Morgan fingerprint density at radius 2 is 2.11 bits per heavy atom. The van der Waals surface area contributed by atoms with Crippen LogP contribution in [0.1, 0.15) is 30.9 Å². The number of aryl methyl sites for hydroxylation is 1. The Bertz CT molecular complexity index is 411. The van der Waals surface area contributed by atoms with Crippen LogP contribution < -0.4 is 10.5 Å². The predicted molar refractivity (Wildman–Crippen MR) is 74.8 cm³/mol. The molecule has 1 heterocycles. The maximum Gasteiger partial charge on any atom is 0.123 e. The van der Waals surface area contributed by atoms with Gasteiger partial charge < -0.3 is 10.5 Å². The van der Waals surface area contributed by atoms with Gasteiger partial charge >= 0.3 is 0 Å². The second-order valence-electron chi connectivity index (χ2n) is 5.57. The first-order chi connectivity index (χ1) is 8.56. The lowest BCUT2D eigenvalue weighted by atomic mass is 9.86. The van der Waals surface area contributed by atoms with Crippen molar-refractivity contribution in [2.45, 2.75) is 38.8 Å². The number of nitrogens with two attached hydrogens (primary N) is 1. The number of benzene rings is 1. The van der Waals surface area contributed by atoms with Crippen molar-refractivity contribution in [3.05, 3.63) is 29.3 Å². The Morgan fingerprint density at radius 1 is 1.39 bits per heavy atom. The third-order valence-corrected chi connectivity index (χ3v) is 3.65. The third kappa shape index (κ3) is 2.85. The average molecular weight is 248 g/mol. The summed E-state index contributed by atoms with van der Waals surface area (Å²) in [5.41, 5.74) is 8.87. The van der Waals surface area contributed by atoms with Gasteiger partial charge in [-0.1, -0.05) is 31.0 Å². The summed E-state index contributed by atoms with van der Waals surface area (Å²) in [5, 5.41) is 0. The maximum atomic E-state index is 6.28. The summed E-state index contributed by atoms with van der Waals surface area (Å²) in [6, 6.07) is 6.34. The second-order valence-corrected chi connectivity index (χ2v) is 5.57. The molecule has 0 saturated carbocycles. The van der Waals surface area contributed by atoms with Crippen molar-refractivity contribution in [2.24, 2.45) is 5.73 Å².